The number of fused-ring (bicyclic) bond motifs is 1. The molecule has 128 valence electrons. The lowest BCUT2D eigenvalue weighted by molar-refractivity contribution is 0.100. The van der Waals surface area contributed by atoms with Crippen molar-refractivity contribution in [2.45, 2.75) is 6.92 Å². The van der Waals surface area contributed by atoms with Crippen LogP contribution in [0.1, 0.15) is 15.9 Å². The average molecular weight is 339 g/mol. The summed E-state index contributed by atoms with van der Waals surface area (Å²) in [6, 6.07) is 6.57. The van der Waals surface area contributed by atoms with Gasteiger partial charge in [0.15, 0.2) is 5.65 Å². The zero-order valence-corrected chi connectivity index (χ0v) is 14.0. The van der Waals surface area contributed by atoms with Gasteiger partial charge >= 0.3 is 5.69 Å². The second-order valence-electron chi connectivity index (χ2n) is 5.79. The first-order valence-electron chi connectivity index (χ1n) is 7.53. The number of nitrogens with zero attached hydrogens (tertiary/aromatic N) is 3. The molecule has 3 rings (SSSR count). The van der Waals surface area contributed by atoms with E-state index in [1.54, 1.807) is 37.5 Å². The molecular weight excluding hydrogens is 322 g/mol. The SMILES string of the molecule is Cc1cnc2c(c1Nc1ccc(C(N)=O)cc1)c(=O)n(C)c(=O)n2C. The Bertz CT molecular complexity index is 1110. The summed E-state index contributed by atoms with van der Waals surface area (Å²) in [6.45, 7) is 1.82. The van der Waals surface area contributed by atoms with Crippen LogP contribution in [-0.2, 0) is 14.1 Å². The predicted molar refractivity (Wildman–Crippen MR) is 95.2 cm³/mol. The zero-order chi connectivity index (χ0) is 18.3. The third kappa shape index (κ3) is 2.67. The van der Waals surface area contributed by atoms with E-state index in [1.807, 2.05) is 6.92 Å². The van der Waals surface area contributed by atoms with Gasteiger partial charge in [0, 0.05) is 31.5 Å². The number of primary amides is 1. The number of aryl methyl sites for hydroxylation is 2. The standard InChI is InChI=1S/C17H17N5O3/c1-9-8-19-15-12(16(24)22(3)17(25)21(15)2)13(9)20-11-6-4-10(5-7-11)14(18)23/h4-8H,1-3H3,(H2,18,23)(H,19,20). The van der Waals surface area contributed by atoms with Gasteiger partial charge in [0.1, 0.15) is 5.39 Å². The van der Waals surface area contributed by atoms with E-state index in [0.29, 0.717) is 28.0 Å². The number of carbonyl (C=O) groups excluding carboxylic acids is 1. The van der Waals surface area contributed by atoms with Crippen LogP contribution in [0.3, 0.4) is 0 Å². The van der Waals surface area contributed by atoms with Crippen LogP contribution >= 0.6 is 0 Å². The Balaban J connectivity index is 2.22. The quantitative estimate of drug-likeness (QED) is 0.732. The van der Waals surface area contributed by atoms with Gasteiger partial charge in [-0.05, 0) is 36.8 Å². The molecule has 8 heteroatoms. The third-order valence-corrected chi connectivity index (χ3v) is 4.10. The van der Waals surface area contributed by atoms with Crippen molar-refractivity contribution >= 4 is 28.3 Å². The number of rotatable bonds is 3. The average Bonchev–Trinajstić information content (AvgIpc) is 2.60. The highest BCUT2D eigenvalue weighted by atomic mass is 16.2. The Hall–Kier alpha value is -3.42. The number of benzene rings is 1. The molecule has 0 saturated carbocycles. The van der Waals surface area contributed by atoms with E-state index in [-0.39, 0.29) is 0 Å². The molecule has 8 nitrogen and oxygen atoms in total. The van der Waals surface area contributed by atoms with Crippen molar-refractivity contribution in [3.8, 4) is 0 Å². The van der Waals surface area contributed by atoms with Crippen LogP contribution in [0.2, 0.25) is 0 Å². The summed E-state index contributed by atoms with van der Waals surface area (Å²) in [5, 5.41) is 3.50. The summed E-state index contributed by atoms with van der Waals surface area (Å²) in [7, 11) is 3.00. The number of hydrogen-bond acceptors (Lipinski definition) is 5. The van der Waals surface area contributed by atoms with E-state index < -0.39 is 17.2 Å². The third-order valence-electron chi connectivity index (χ3n) is 4.10. The fourth-order valence-electron chi connectivity index (χ4n) is 2.65. The molecule has 0 fully saturated rings. The van der Waals surface area contributed by atoms with Crippen molar-refractivity contribution in [1.29, 1.82) is 0 Å². The monoisotopic (exact) mass is 339 g/mol. The summed E-state index contributed by atoms with van der Waals surface area (Å²) < 4.78 is 2.38. The molecule has 0 atom stereocenters. The molecule has 0 unspecified atom stereocenters. The van der Waals surface area contributed by atoms with Crippen LogP contribution in [-0.4, -0.2) is 20.0 Å². The number of nitrogens with two attached hydrogens (primary N) is 1. The lowest BCUT2D eigenvalue weighted by atomic mass is 10.1. The minimum absolute atomic E-state index is 0.301. The minimum Gasteiger partial charge on any atom is -0.366 e. The maximum Gasteiger partial charge on any atom is 0.332 e. The van der Waals surface area contributed by atoms with Crippen LogP contribution < -0.4 is 22.3 Å². The predicted octanol–water partition coefficient (Wildman–Crippen LogP) is 0.783. The van der Waals surface area contributed by atoms with E-state index in [9.17, 15) is 14.4 Å². The van der Waals surface area contributed by atoms with Gasteiger partial charge in [0.25, 0.3) is 5.56 Å². The molecule has 0 radical (unpaired) electrons. The summed E-state index contributed by atoms with van der Waals surface area (Å²) in [6.07, 6.45) is 1.60. The van der Waals surface area contributed by atoms with Crippen molar-refractivity contribution in [2.75, 3.05) is 5.32 Å². The van der Waals surface area contributed by atoms with E-state index >= 15 is 0 Å². The van der Waals surface area contributed by atoms with Gasteiger partial charge in [-0.2, -0.15) is 0 Å². The summed E-state index contributed by atoms with van der Waals surface area (Å²) >= 11 is 0. The maximum absolute atomic E-state index is 12.6. The van der Waals surface area contributed by atoms with Gasteiger partial charge in [-0.3, -0.25) is 18.7 Å². The largest absolute Gasteiger partial charge is 0.366 e. The molecule has 25 heavy (non-hydrogen) atoms. The topological polar surface area (TPSA) is 112 Å². The molecule has 0 aliphatic rings. The molecular formula is C17H17N5O3. The molecule has 3 aromatic rings. The second-order valence-corrected chi connectivity index (χ2v) is 5.79. The molecule has 0 aliphatic heterocycles. The Kier molecular flexibility index (Phi) is 3.88. The smallest absolute Gasteiger partial charge is 0.332 e. The molecule has 1 aromatic carbocycles. The Morgan fingerprint density at radius 1 is 1.12 bits per heavy atom. The van der Waals surface area contributed by atoms with Gasteiger partial charge in [0.2, 0.25) is 5.91 Å². The van der Waals surface area contributed by atoms with Gasteiger partial charge in [0.05, 0.1) is 5.69 Å². The first-order valence-corrected chi connectivity index (χ1v) is 7.53. The van der Waals surface area contributed by atoms with E-state index in [1.165, 1.54) is 11.6 Å². The van der Waals surface area contributed by atoms with E-state index in [4.69, 9.17) is 5.73 Å². The minimum atomic E-state index is -0.513. The second kappa shape index (κ2) is 5.90. The van der Waals surface area contributed by atoms with Crippen molar-refractivity contribution in [1.82, 2.24) is 14.1 Å². The van der Waals surface area contributed by atoms with Gasteiger partial charge in [-0.1, -0.05) is 0 Å². The molecule has 0 saturated heterocycles. The van der Waals surface area contributed by atoms with Crippen molar-refractivity contribution in [2.24, 2.45) is 19.8 Å². The molecule has 3 N–H and O–H groups in total. The van der Waals surface area contributed by atoms with Crippen LogP contribution in [0.5, 0.6) is 0 Å². The number of pyridine rings is 1. The number of aromatic nitrogens is 3. The first kappa shape index (κ1) is 16.4. The molecule has 0 aliphatic carbocycles. The zero-order valence-electron chi connectivity index (χ0n) is 14.0. The van der Waals surface area contributed by atoms with Gasteiger partial charge in [-0.15, -0.1) is 0 Å². The van der Waals surface area contributed by atoms with Gasteiger partial charge in [-0.25, -0.2) is 9.78 Å². The van der Waals surface area contributed by atoms with Crippen molar-refractivity contribution in [3.05, 3.63) is 62.4 Å². The summed E-state index contributed by atoms with van der Waals surface area (Å²) in [5.41, 5.74) is 7.06. The van der Waals surface area contributed by atoms with E-state index in [2.05, 4.69) is 10.3 Å². The molecule has 2 heterocycles. The molecule has 2 aromatic heterocycles. The lowest BCUT2D eigenvalue weighted by Gasteiger charge is -2.14. The number of carbonyl (C=O) groups is 1. The van der Waals surface area contributed by atoms with Crippen molar-refractivity contribution < 1.29 is 4.79 Å². The summed E-state index contributed by atoms with van der Waals surface area (Å²) in [4.78, 5) is 40.1. The van der Waals surface area contributed by atoms with Crippen LogP contribution in [0.25, 0.3) is 11.0 Å². The molecule has 0 bridgehead atoms. The highest BCUT2D eigenvalue weighted by Crippen LogP contribution is 2.25. The summed E-state index contributed by atoms with van der Waals surface area (Å²) in [5.74, 6) is -0.513. The first-order chi connectivity index (χ1) is 11.8. The number of nitrogens with one attached hydrogen (secondary N) is 1. The maximum atomic E-state index is 12.6. The van der Waals surface area contributed by atoms with Crippen LogP contribution in [0.15, 0.2) is 40.1 Å². The molecule has 0 spiro atoms. The Labute approximate surface area is 142 Å². The van der Waals surface area contributed by atoms with E-state index in [0.717, 1.165) is 10.1 Å². The Morgan fingerprint density at radius 3 is 2.36 bits per heavy atom. The fourth-order valence-corrected chi connectivity index (χ4v) is 2.65. The normalized spacial score (nSPS) is 10.8. The fraction of sp³-hybridized carbons (Fsp3) is 0.176. The number of hydrogen-bond donors (Lipinski definition) is 2. The lowest BCUT2D eigenvalue weighted by Crippen LogP contribution is -2.37. The van der Waals surface area contributed by atoms with Crippen LogP contribution in [0.4, 0.5) is 11.4 Å². The highest BCUT2D eigenvalue weighted by Gasteiger charge is 2.16. The number of amides is 1. The highest BCUT2D eigenvalue weighted by molar-refractivity contribution is 5.94. The van der Waals surface area contributed by atoms with Crippen molar-refractivity contribution in [3.63, 3.8) is 0 Å². The van der Waals surface area contributed by atoms with Gasteiger partial charge < -0.3 is 11.1 Å². The Morgan fingerprint density at radius 2 is 1.76 bits per heavy atom. The van der Waals surface area contributed by atoms with Crippen LogP contribution in [0, 0.1) is 6.92 Å². The number of anilines is 2. The molecule has 1 amide bonds.